The molecule has 3 N–H and O–H groups in total. The van der Waals surface area contributed by atoms with Crippen molar-refractivity contribution in [3.05, 3.63) is 207 Å². The first-order valence-electron chi connectivity index (χ1n) is 41.3. The Labute approximate surface area is 665 Å². The summed E-state index contributed by atoms with van der Waals surface area (Å²) in [5.74, 6) is -2.43. The monoisotopic (exact) mass is 1570 g/mol. The van der Waals surface area contributed by atoms with E-state index in [1.807, 2.05) is 36.5 Å². The van der Waals surface area contributed by atoms with Gasteiger partial charge >= 0.3 is 39.5 Å². The van der Waals surface area contributed by atoms with E-state index in [9.17, 15) is 43.2 Å². The van der Waals surface area contributed by atoms with Crippen LogP contribution < -0.4 is 0 Å². The van der Waals surface area contributed by atoms with E-state index in [4.69, 9.17) is 37.0 Å². The minimum atomic E-state index is -5.02. The van der Waals surface area contributed by atoms with Crippen LogP contribution in [-0.4, -0.2) is 96.7 Å². The summed E-state index contributed by atoms with van der Waals surface area (Å²) in [6.07, 6.45) is 101. The van der Waals surface area contributed by atoms with Crippen molar-refractivity contribution in [3.63, 3.8) is 0 Å². The van der Waals surface area contributed by atoms with Gasteiger partial charge in [0.25, 0.3) is 0 Å². The number of aliphatic hydroxyl groups excluding tert-OH is 1. The molecule has 0 saturated heterocycles. The van der Waals surface area contributed by atoms with Gasteiger partial charge in [0.05, 0.1) is 26.4 Å². The predicted octanol–water partition coefficient (Wildman–Crippen LogP) is 24.7. The molecule has 620 valence electrons. The van der Waals surface area contributed by atoms with E-state index in [2.05, 4.69) is 198 Å². The van der Waals surface area contributed by atoms with E-state index < -0.39 is 97.5 Å². The number of phosphoric acid groups is 2. The molecule has 110 heavy (non-hydrogen) atoms. The minimum absolute atomic E-state index is 0.0204. The smallest absolute Gasteiger partial charge is 0.462 e. The van der Waals surface area contributed by atoms with Crippen molar-refractivity contribution in [1.82, 2.24) is 0 Å². The van der Waals surface area contributed by atoms with Crippen LogP contribution in [0.5, 0.6) is 0 Å². The van der Waals surface area contributed by atoms with Crippen molar-refractivity contribution in [2.45, 2.75) is 303 Å². The van der Waals surface area contributed by atoms with Crippen molar-refractivity contribution in [2.24, 2.45) is 0 Å². The fraction of sp³-hybridized carbons (Fsp3) is 0.582. The Morgan fingerprint density at radius 1 is 0.264 bits per heavy atom. The molecule has 0 aromatic carbocycles. The fourth-order valence-corrected chi connectivity index (χ4v) is 11.7. The highest BCUT2D eigenvalue weighted by Crippen LogP contribution is 2.45. The van der Waals surface area contributed by atoms with Crippen LogP contribution in [0.4, 0.5) is 0 Å². The Balaban J connectivity index is 5.56. The lowest BCUT2D eigenvalue weighted by Crippen LogP contribution is -2.30. The first kappa shape index (κ1) is 104. The molecule has 0 fully saturated rings. The summed E-state index contributed by atoms with van der Waals surface area (Å²) in [6.45, 7) is 4.30. The van der Waals surface area contributed by atoms with Gasteiger partial charge in [-0.05, 0) is 167 Å². The first-order chi connectivity index (χ1) is 53.7. The van der Waals surface area contributed by atoms with Crippen LogP contribution in [0, 0.1) is 0 Å². The summed E-state index contributed by atoms with van der Waals surface area (Å²) in [4.78, 5) is 73.1. The molecule has 0 radical (unpaired) electrons. The number of ether oxygens (including phenoxy) is 4. The molecule has 0 aliphatic rings. The van der Waals surface area contributed by atoms with Crippen LogP contribution in [0.1, 0.15) is 285 Å². The number of esters is 4. The third-order valence-corrected chi connectivity index (χ3v) is 18.2. The van der Waals surface area contributed by atoms with E-state index in [-0.39, 0.29) is 25.7 Å². The van der Waals surface area contributed by atoms with Crippen LogP contribution in [0.2, 0.25) is 0 Å². The molecule has 0 spiro atoms. The van der Waals surface area contributed by atoms with Gasteiger partial charge in [-0.3, -0.25) is 37.3 Å². The van der Waals surface area contributed by atoms with Gasteiger partial charge in [-0.25, -0.2) is 9.13 Å². The van der Waals surface area contributed by atoms with E-state index >= 15 is 0 Å². The Morgan fingerprint density at radius 3 is 0.773 bits per heavy atom. The highest BCUT2D eigenvalue weighted by Gasteiger charge is 2.30. The normalized spacial score (nSPS) is 14.9. The summed E-state index contributed by atoms with van der Waals surface area (Å²) in [5, 5.41) is 10.7. The van der Waals surface area contributed by atoms with Gasteiger partial charge < -0.3 is 33.8 Å². The molecule has 0 aliphatic carbocycles. The lowest BCUT2D eigenvalue weighted by molar-refractivity contribution is -0.161. The fourth-order valence-electron chi connectivity index (χ4n) is 10.1. The zero-order chi connectivity index (χ0) is 80.3. The van der Waals surface area contributed by atoms with Gasteiger partial charge in [0.1, 0.15) is 19.3 Å². The van der Waals surface area contributed by atoms with Crippen LogP contribution in [-0.2, 0) is 65.4 Å². The lowest BCUT2D eigenvalue weighted by atomic mass is 10.1. The average Bonchev–Trinajstić information content (AvgIpc) is 0.906. The number of hydrogen-bond donors (Lipinski definition) is 3. The number of carbonyl (C=O) groups excluding carboxylic acids is 4. The van der Waals surface area contributed by atoms with Crippen LogP contribution in [0.15, 0.2) is 207 Å². The molecule has 0 rings (SSSR count). The van der Waals surface area contributed by atoms with Gasteiger partial charge in [-0.2, -0.15) is 0 Å². The van der Waals surface area contributed by atoms with Gasteiger partial charge in [0.15, 0.2) is 12.2 Å². The summed E-state index contributed by atoms with van der Waals surface area (Å²) in [5.41, 5.74) is 0. The number of allylic oxidation sites excluding steroid dienone is 34. The number of rotatable bonds is 75. The van der Waals surface area contributed by atoms with E-state index in [0.29, 0.717) is 38.5 Å². The predicted molar refractivity (Wildman–Crippen MR) is 454 cm³/mol. The zero-order valence-corrected chi connectivity index (χ0v) is 69.6. The third-order valence-electron chi connectivity index (χ3n) is 16.3. The molecule has 5 atom stereocenters. The second-order valence-electron chi connectivity index (χ2n) is 26.6. The standard InChI is InChI=1S/C91H144O17P2/c1-5-9-13-17-21-25-29-33-37-40-42-45-48-51-55-59-63-67-71-75-88(93)101-81-86(107-90(95)77-73-69-65-61-57-53-47-36-32-28-24-20-16-12-8-4)83-105-109(97,98)103-79-85(92)80-104-110(99,100)106-84-87(108-91(96)78-74-70-66-62-58-54-50-44-39-35-31-27-23-19-15-11-7-3)82-102-89(94)76-72-68-64-60-56-52-49-46-43-41-38-34-30-26-22-18-14-10-6-2/h9-11,13-15,21-23,25-27,33-39,42-43,45-47,50-52,54-56,63-64,67-68,85-87,92H,5-8,12,16-20,24,28-32,40-41,44,48-49,53,57-62,65-66,69-84H2,1-4H3,(H,97,98)(H,99,100)/b13-9-,14-10-,15-11-,25-21-,26-22-,27-23-,37-33-,38-34-,39-35-,45-42-,46-43-,47-36-,54-50-,55-51-,56-52-,67-63-,68-64-. The summed E-state index contributed by atoms with van der Waals surface area (Å²) in [7, 11) is -10.0. The van der Waals surface area contributed by atoms with Crippen molar-refractivity contribution in [1.29, 1.82) is 0 Å². The number of hydrogen-bond acceptors (Lipinski definition) is 15. The molecule has 0 aliphatic heterocycles. The molecule has 19 heteroatoms. The Morgan fingerprint density at radius 2 is 0.491 bits per heavy atom. The number of carbonyl (C=O) groups is 4. The minimum Gasteiger partial charge on any atom is -0.462 e. The molecule has 5 unspecified atom stereocenters. The first-order valence-corrected chi connectivity index (χ1v) is 44.3. The van der Waals surface area contributed by atoms with Crippen molar-refractivity contribution in [2.75, 3.05) is 39.6 Å². The van der Waals surface area contributed by atoms with Crippen molar-refractivity contribution >= 4 is 39.5 Å². The summed E-state index contributed by atoms with van der Waals surface area (Å²) < 4.78 is 68.5. The molecule has 0 saturated carbocycles. The number of aliphatic hydroxyl groups is 1. The Hall–Kier alpha value is -6.36. The SMILES string of the molecule is CC/C=C\C/C=C\C/C=C\C/C=C\C/C=C\C/C=C\CCC(=O)OCC(COP(=O)(O)OCC(O)COP(=O)(O)OCC(COC(=O)CC/C=C\C/C=C\C/C=C\C/C=C\C/C=C\C/C=C\CC)OC(=O)CCCCCCC/C=C\CCCCCCCC)OC(=O)CCCCCC/C=C\C/C=C\C/C=C\C/C=C\CC. The van der Waals surface area contributed by atoms with Gasteiger partial charge in [-0.1, -0.05) is 298 Å². The summed E-state index contributed by atoms with van der Waals surface area (Å²) in [6, 6.07) is 0. The molecular weight excluding hydrogens is 1430 g/mol. The molecule has 0 amide bonds. The second kappa shape index (κ2) is 80.7. The molecular formula is C91H144O17P2. The quantitative estimate of drug-likeness (QED) is 0.0169. The van der Waals surface area contributed by atoms with Crippen LogP contribution >= 0.6 is 15.6 Å². The third kappa shape index (κ3) is 79.7. The number of phosphoric ester groups is 2. The van der Waals surface area contributed by atoms with E-state index in [0.717, 1.165) is 154 Å². The highest BCUT2D eigenvalue weighted by atomic mass is 31.2. The lowest BCUT2D eigenvalue weighted by Gasteiger charge is -2.21. The number of unbranched alkanes of at least 4 members (excludes halogenated alkanes) is 15. The van der Waals surface area contributed by atoms with Gasteiger partial charge in [0.2, 0.25) is 0 Å². The topological polar surface area (TPSA) is 237 Å². The molecule has 0 aromatic rings. The molecule has 0 heterocycles. The van der Waals surface area contributed by atoms with Crippen LogP contribution in [0.3, 0.4) is 0 Å². The van der Waals surface area contributed by atoms with E-state index in [1.54, 1.807) is 0 Å². The van der Waals surface area contributed by atoms with Gasteiger partial charge in [-0.15, -0.1) is 0 Å². The largest absolute Gasteiger partial charge is 0.472 e. The van der Waals surface area contributed by atoms with Gasteiger partial charge in [0, 0.05) is 25.7 Å². The summed E-state index contributed by atoms with van der Waals surface area (Å²) >= 11 is 0. The highest BCUT2D eigenvalue weighted by molar-refractivity contribution is 7.47. The molecule has 0 bridgehead atoms. The zero-order valence-electron chi connectivity index (χ0n) is 67.8. The maximum Gasteiger partial charge on any atom is 0.472 e. The molecule has 0 aromatic heterocycles. The second-order valence-corrected chi connectivity index (χ2v) is 29.5. The molecule has 17 nitrogen and oxygen atoms in total. The van der Waals surface area contributed by atoms with Crippen molar-refractivity contribution in [3.8, 4) is 0 Å². The maximum absolute atomic E-state index is 13.1. The average molecular weight is 1570 g/mol. The van der Waals surface area contributed by atoms with Crippen LogP contribution in [0.25, 0.3) is 0 Å². The Kier molecular flexibility index (Phi) is 76.0. The van der Waals surface area contributed by atoms with E-state index in [1.165, 1.54) is 38.5 Å². The maximum atomic E-state index is 13.1. The van der Waals surface area contributed by atoms with Crippen molar-refractivity contribution < 1.29 is 80.2 Å². The Bertz CT molecular complexity index is 2900.